The minimum Gasteiger partial charge on any atom is -0.497 e. The fraction of sp³-hybridized carbons (Fsp3) is 0.0769. The monoisotopic (exact) mass is 253 g/mol. The number of hydrogen-bond acceptors (Lipinski definition) is 5. The number of methoxy groups -OCH3 is 1. The smallest absolute Gasteiger partial charge is 0.222 e. The molecule has 0 fully saturated rings. The zero-order valence-electron chi connectivity index (χ0n) is 10.2. The van der Waals surface area contributed by atoms with Gasteiger partial charge < -0.3 is 4.74 Å². The molecule has 0 unspecified atom stereocenters. The van der Waals surface area contributed by atoms with Gasteiger partial charge in [0.2, 0.25) is 5.82 Å². The van der Waals surface area contributed by atoms with E-state index < -0.39 is 0 Å². The van der Waals surface area contributed by atoms with Gasteiger partial charge in [-0.2, -0.15) is 5.21 Å². The second-order valence-corrected chi connectivity index (χ2v) is 3.88. The molecule has 0 radical (unpaired) electrons. The van der Waals surface area contributed by atoms with E-state index in [-0.39, 0.29) is 0 Å². The Morgan fingerprint density at radius 3 is 2.68 bits per heavy atom. The van der Waals surface area contributed by atoms with Gasteiger partial charge in [-0.25, -0.2) is 4.98 Å². The number of H-pyrrole nitrogens is 1. The van der Waals surface area contributed by atoms with Gasteiger partial charge >= 0.3 is 0 Å². The average Bonchev–Trinajstić information content (AvgIpc) is 3.02. The number of hydrogen-bond donors (Lipinski definition) is 1. The molecule has 2 heterocycles. The molecule has 3 rings (SSSR count). The molecule has 94 valence electrons. The van der Waals surface area contributed by atoms with Crippen molar-refractivity contribution in [2.24, 2.45) is 0 Å². The van der Waals surface area contributed by atoms with E-state index in [1.165, 1.54) is 0 Å². The molecule has 1 N–H and O–H groups in total. The second kappa shape index (κ2) is 4.85. The molecule has 0 aliphatic carbocycles. The highest BCUT2D eigenvalue weighted by molar-refractivity contribution is 5.64. The molecule has 0 bridgehead atoms. The van der Waals surface area contributed by atoms with Crippen molar-refractivity contribution in [2.45, 2.75) is 0 Å². The molecule has 0 amide bonds. The van der Waals surface area contributed by atoms with Crippen LogP contribution in [0.2, 0.25) is 0 Å². The van der Waals surface area contributed by atoms with E-state index in [4.69, 9.17) is 4.74 Å². The molecular formula is C13H11N5O. The van der Waals surface area contributed by atoms with Crippen molar-refractivity contribution in [1.82, 2.24) is 25.6 Å². The van der Waals surface area contributed by atoms with Gasteiger partial charge in [-0.15, -0.1) is 10.2 Å². The molecular weight excluding hydrogens is 242 g/mol. The summed E-state index contributed by atoms with van der Waals surface area (Å²) in [5.74, 6) is 1.27. The van der Waals surface area contributed by atoms with Crippen LogP contribution in [0.5, 0.6) is 5.75 Å². The molecule has 3 aromatic rings. The predicted octanol–water partition coefficient (Wildman–Crippen LogP) is 1.94. The van der Waals surface area contributed by atoms with Gasteiger partial charge in [0, 0.05) is 5.56 Å². The van der Waals surface area contributed by atoms with Crippen molar-refractivity contribution >= 4 is 0 Å². The van der Waals surface area contributed by atoms with Crippen LogP contribution in [0.3, 0.4) is 0 Å². The number of benzene rings is 1. The molecule has 0 atom stereocenters. The lowest BCUT2D eigenvalue weighted by Gasteiger charge is -2.04. The second-order valence-electron chi connectivity index (χ2n) is 3.88. The number of aromatic nitrogens is 5. The van der Waals surface area contributed by atoms with Gasteiger partial charge in [0.1, 0.15) is 11.4 Å². The highest BCUT2D eigenvalue weighted by Gasteiger charge is 2.07. The summed E-state index contributed by atoms with van der Waals surface area (Å²) >= 11 is 0. The van der Waals surface area contributed by atoms with E-state index in [0.717, 1.165) is 17.0 Å². The molecule has 1 aromatic carbocycles. The van der Waals surface area contributed by atoms with E-state index in [1.807, 2.05) is 42.5 Å². The maximum atomic E-state index is 5.21. The van der Waals surface area contributed by atoms with E-state index in [0.29, 0.717) is 11.5 Å². The van der Waals surface area contributed by atoms with Crippen LogP contribution in [-0.2, 0) is 0 Å². The van der Waals surface area contributed by atoms with Gasteiger partial charge in [0.25, 0.3) is 0 Å². The first-order chi connectivity index (χ1) is 9.36. The maximum Gasteiger partial charge on any atom is 0.222 e. The normalized spacial score (nSPS) is 10.4. The van der Waals surface area contributed by atoms with E-state index in [9.17, 15) is 0 Å². The van der Waals surface area contributed by atoms with Gasteiger partial charge in [0.15, 0.2) is 0 Å². The largest absolute Gasteiger partial charge is 0.497 e. The van der Waals surface area contributed by atoms with Crippen molar-refractivity contribution in [1.29, 1.82) is 0 Å². The molecule has 19 heavy (non-hydrogen) atoms. The third kappa shape index (κ3) is 2.28. The minimum absolute atomic E-state index is 0.477. The summed E-state index contributed by atoms with van der Waals surface area (Å²) in [6, 6.07) is 13.4. The van der Waals surface area contributed by atoms with E-state index >= 15 is 0 Å². The summed E-state index contributed by atoms with van der Waals surface area (Å²) < 4.78 is 5.21. The third-order valence-electron chi connectivity index (χ3n) is 2.69. The van der Waals surface area contributed by atoms with E-state index in [2.05, 4.69) is 25.6 Å². The summed E-state index contributed by atoms with van der Waals surface area (Å²) in [4.78, 5) is 4.52. The molecule has 0 spiro atoms. The Hall–Kier alpha value is -2.76. The first kappa shape index (κ1) is 11.3. The Labute approximate surface area is 109 Å². The molecule has 6 heteroatoms. The lowest BCUT2D eigenvalue weighted by atomic mass is 10.1. The Balaban J connectivity index is 2.03. The van der Waals surface area contributed by atoms with Crippen LogP contribution >= 0.6 is 0 Å². The number of pyridine rings is 1. The summed E-state index contributed by atoms with van der Waals surface area (Å²) in [6.45, 7) is 0. The van der Waals surface area contributed by atoms with Crippen molar-refractivity contribution in [3.05, 3.63) is 42.5 Å². The van der Waals surface area contributed by atoms with Crippen molar-refractivity contribution in [3.8, 4) is 28.5 Å². The van der Waals surface area contributed by atoms with Gasteiger partial charge in [-0.05, 0) is 29.5 Å². The standard InChI is InChI=1S/C13H11N5O/c1-19-10-5-2-4-9(8-10)11-6-3-7-12(14-11)13-15-17-18-16-13/h2-8H,1H3,(H,15,16,17,18). The minimum atomic E-state index is 0.477. The summed E-state index contributed by atoms with van der Waals surface area (Å²) in [5, 5.41) is 13.8. The van der Waals surface area contributed by atoms with Crippen molar-refractivity contribution < 1.29 is 4.74 Å². The molecule has 0 aliphatic rings. The Morgan fingerprint density at radius 1 is 1.05 bits per heavy atom. The Bertz CT molecular complexity index is 681. The van der Waals surface area contributed by atoms with Crippen LogP contribution in [0.4, 0.5) is 0 Å². The number of tetrazole rings is 1. The van der Waals surface area contributed by atoms with Crippen LogP contribution in [0.25, 0.3) is 22.8 Å². The summed E-state index contributed by atoms with van der Waals surface area (Å²) in [6.07, 6.45) is 0. The topological polar surface area (TPSA) is 76.6 Å². The van der Waals surface area contributed by atoms with Crippen LogP contribution in [-0.4, -0.2) is 32.7 Å². The number of ether oxygens (including phenoxy) is 1. The number of rotatable bonds is 3. The molecule has 0 aliphatic heterocycles. The van der Waals surface area contributed by atoms with Gasteiger partial charge in [-0.1, -0.05) is 18.2 Å². The summed E-state index contributed by atoms with van der Waals surface area (Å²) in [7, 11) is 1.64. The fourth-order valence-corrected chi connectivity index (χ4v) is 1.77. The van der Waals surface area contributed by atoms with Gasteiger partial charge in [-0.3, -0.25) is 0 Å². The lowest BCUT2D eigenvalue weighted by Crippen LogP contribution is -1.90. The van der Waals surface area contributed by atoms with Crippen molar-refractivity contribution in [3.63, 3.8) is 0 Å². The van der Waals surface area contributed by atoms with Crippen molar-refractivity contribution in [2.75, 3.05) is 7.11 Å². The highest BCUT2D eigenvalue weighted by Crippen LogP contribution is 2.23. The number of nitrogens with zero attached hydrogens (tertiary/aromatic N) is 4. The number of nitrogens with one attached hydrogen (secondary N) is 1. The number of aromatic amines is 1. The lowest BCUT2D eigenvalue weighted by molar-refractivity contribution is 0.415. The fourth-order valence-electron chi connectivity index (χ4n) is 1.77. The predicted molar refractivity (Wildman–Crippen MR) is 69.4 cm³/mol. The average molecular weight is 253 g/mol. The zero-order chi connectivity index (χ0) is 13.1. The quantitative estimate of drug-likeness (QED) is 0.771. The first-order valence-corrected chi connectivity index (χ1v) is 5.72. The Morgan fingerprint density at radius 2 is 1.89 bits per heavy atom. The molecule has 0 saturated heterocycles. The maximum absolute atomic E-state index is 5.21. The SMILES string of the molecule is COc1cccc(-c2cccc(-c3nn[nH]n3)n2)c1. The molecule has 6 nitrogen and oxygen atoms in total. The van der Waals surface area contributed by atoms with E-state index in [1.54, 1.807) is 7.11 Å². The first-order valence-electron chi connectivity index (χ1n) is 5.72. The van der Waals surface area contributed by atoms with Crippen LogP contribution in [0.1, 0.15) is 0 Å². The molecule has 0 saturated carbocycles. The highest BCUT2D eigenvalue weighted by atomic mass is 16.5. The van der Waals surface area contributed by atoms with Gasteiger partial charge in [0.05, 0.1) is 12.8 Å². The van der Waals surface area contributed by atoms with Crippen LogP contribution < -0.4 is 4.74 Å². The zero-order valence-corrected chi connectivity index (χ0v) is 10.2. The summed E-state index contributed by atoms with van der Waals surface area (Å²) in [5.41, 5.74) is 2.49. The molecule has 2 aromatic heterocycles. The Kier molecular flexibility index (Phi) is 2.89. The van der Waals surface area contributed by atoms with Crippen LogP contribution in [0, 0.1) is 0 Å². The third-order valence-corrected chi connectivity index (χ3v) is 2.69. The van der Waals surface area contributed by atoms with Crippen LogP contribution in [0.15, 0.2) is 42.5 Å².